The smallest absolute Gasteiger partial charge is 0.349 e. The Morgan fingerprint density at radius 3 is 2.94 bits per heavy atom. The van der Waals surface area contributed by atoms with Crippen molar-refractivity contribution >= 4 is 32.5 Å². The number of hydrogen-bond acceptors (Lipinski definition) is 7. The number of rotatable bonds is 6. The van der Waals surface area contributed by atoms with E-state index in [4.69, 9.17) is 5.14 Å². The maximum Gasteiger partial charge on any atom is 0.349 e. The second-order valence-corrected chi connectivity index (χ2v) is 5.93. The number of methoxy groups -OCH3 is 1. The Hall–Kier alpha value is -1.19. The van der Waals surface area contributed by atoms with Crippen LogP contribution in [-0.2, 0) is 14.8 Å². The van der Waals surface area contributed by atoms with Gasteiger partial charge in [0.2, 0.25) is 10.0 Å². The largest absolute Gasteiger partial charge is 0.465 e. The zero-order chi connectivity index (χ0) is 12.9. The van der Waals surface area contributed by atoms with Gasteiger partial charge in [0.05, 0.1) is 19.1 Å². The Kier molecular flexibility index (Phi) is 4.85. The van der Waals surface area contributed by atoms with Gasteiger partial charge in [0.1, 0.15) is 4.88 Å². The number of sulfonamides is 1. The third-order valence-electron chi connectivity index (χ3n) is 1.77. The Balaban J connectivity index is 2.38. The van der Waals surface area contributed by atoms with Gasteiger partial charge < -0.3 is 10.1 Å². The van der Waals surface area contributed by atoms with Crippen LogP contribution in [0.3, 0.4) is 0 Å². The van der Waals surface area contributed by atoms with Crippen molar-refractivity contribution < 1.29 is 17.9 Å². The van der Waals surface area contributed by atoms with E-state index in [1.165, 1.54) is 13.3 Å². The normalized spacial score (nSPS) is 11.2. The minimum absolute atomic E-state index is 0.0881. The minimum Gasteiger partial charge on any atom is -0.465 e. The van der Waals surface area contributed by atoms with Gasteiger partial charge in [-0.25, -0.2) is 23.3 Å². The highest BCUT2D eigenvalue weighted by molar-refractivity contribution is 7.89. The van der Waals surface area contributed by atoms with E-state index in [9.17, 15) is 13.2 Å². The van der Waals surface area contributed by atoms with E-state index in [0.717, 1.165) is 11.3 Å². The number of nitrogens with one attached hydrogen (secondary N) is 1. The number of primary sulfonamides is 1. The third kappa shape index (κ3) is 5.11. The van der Waals surface area contributed by atoms with Crippen LogP contribution in [-0.4, -0.2) is 38.8 Å². The van der Waals surface area contributed by atoms with E-state index >= 15 is 0 Å². The summed E-state index contributed by atoms with van der Waals surface area (Å²) in [6.07, 6.45) is 1.78. The standard InChI is InChI=1S/C8H13N3O4S2/c1-15-7(12)6-5-11-8(16-6)10-3-2-4-17(9,13)14/h5H,2-4H2,1H3,(H,10,11)(H2,9,13,14). The number of aromatic nitrogens is 1. The van der Waals surface area contributed by atoms with Crippen LogP contribution in [0.15, 0.2) is 6.20 Å². The van der Waals surface area contributed by atoms with Gasteiger partial charge in [-0.15, -0.1) is 0 Å². The lowest BCUT2D eigenvalue weighted by Crippen LogP contribution is -2.18. The van der Waals surface area contributed by atoms with Crippen molar-refractivity contribution in [3.63, 3.8) is 0 Å². The van der Waals surface area contributed by atoms with E-state index in [0.29, 0.717) is 23.0 Å². The average molecular weight is 279 g/mol. The topological polar surface area (TPSA) is 111 Å². The van der Waals surface area contributed by atoms with Crippen LogP contribution in [0.5, 0.6) is 0 Å². The Morgan fingerprint density at radius 1 is 1.65 bits per heavy atom. The van der Waals surface area contributed by atoms with Gasteiger partial charge in [-0.3, -0.25) is 0 Å². The summed E-state index contributed by atoms with van der Waals surface area (Å²) in [5, 5.41) is 8.28. The quantitative estimate of drug-likeness (QED) is 0.561. The molecule has 1 rings (SSSR count). The number of esters is 1. The molecule has 0 spiro atoms. The van der Waals surface area contributed by atoms with Crippen LogP contribution in [0.4, 0.5) is 5.13 Å². The van der Waals surface area contributed by atoms with Crippen LogP contribution >= 0.6 is 11.3 Å². The molecule has 0 aromatic carbocycles. The molecule has 0 bridgehead atoms. The van der Waals surface area contributed by atoms with Crippen molar-refractivity contribution in [2.24, 2.45) is 5.14 Å². The lowest BCUT2D eigenvalue weighted by molar-refractivity contribution is 0.0606. The average Bonchev–Trinajstić information content (AvgIpc) is 2.70. The van der Waals surface area contributed by atoms with Crippen molar-refractivity contribution in [1.29, 1.82) is 0 Å². The molecule has 1 aromatic heterocycles. The summed E-state index contributed by atoms with van der Waals surface area (Å²) in [4.78, 5) is 15.4. The summed E-state index contributed by atoms with van der Waals surface area (Å²) in [7, 11) is -2.13. The van der Waals surface area contributed by atoms with Gasteiger partial charge in [0.15, 0.2) is 5.13 Å². The molecule has 0 unspecified atom stereocenters. The second kappa shape index (κ2) is 5.94. The molecule has 0 aliphatic carbocycles. The number of anilines is 1. The first-order valence-electron chi connectivity index (χ1n) is 4.71. The van der Waals surface area contributed by atoms with Gasteiger partial charge in [-0.1, -0.05) is 11.3 Å². The highest BCUT2D eigenvalue weighted by Gasteiger charge is 2.10. The zero-order valence-electron chi connectivity index (χ0n) is 9.17. The van der Waals surface area contributed by atoms with Crippen molar-refractivity contribution in [3.8, 4) is 0 Å². The summed E-state index contributed by atoms with van der Waals surface area (Å²) in [5.74, 6) is -0.532. The Morgan fingerprint density at radius 2 is 2.35 bits per heavy atom. The molecule has 17 heavy (non-hydrogen) atoms. The molecule has 1 heterocycles. The molecule has 0 radical (unpaired) electrons. The fourth-order valence-electron chi connectivity index (χ4n) is 1.02. The molecule has 0 aliphatic heterocycles. The van der Waals surface area contributed by atoms with Gasteiger partial charge in [-0.2, -0.15) is 0 Å². The Labute approximate surface area is 103 Å². The van der Waals surface area contributed by atoms with Crippen LogP contribution < -0.4 is 10.5 Å². The summed E-state index contributed by atoms with van der Waals surface area (Å²) >= 11 is 1.15. The lowest BCUT2D eigenvalue weighted by Gasteiger charge is -2.00. The predicted molar refractivity (Wildman–Crippen MR) is 64.5 cm³/mol. The highest BCUT2D eigenvalue weighted by Crippen LogP contribution is 2.18. The first kappa shape index (κ1) is 13.9. The maximum atomic E-state index is 11.1. The molecule has 7 nitrogen and oxygen atoms in total. The Bertz CT molecular complexity index is 483. The second-order valence-electron chi connectivity index (χ2n) is 3.17. The molecular weight excluding hydrogens is 266 g/mol. The highest BCUT2D eigenvalue weighted by atomic mass is 32.2. The summed E-state index contributed by atoms with van der Waals surface area (Å²) in [6, 6.07) is 0. The molecule has 0 fully saturated rings. The van der Waals surface area contributed by atoms with Gasteiger partial charge in [0, 0.05) is 6.54 Å². The van der Waals surface area contributed by atoms with E-state index in [1.807, 2.05) is 0 Å². The molecule has 0 atom stereocenters. The van der Waals surface area contributed by atoms with E-state index in [-0.39, 0.29) is 5.75 Å². The first-order chi connectivity index (χ1) is 7.92. The van der Waals surface area contributed by atoms with E-state index in [1.54, 1.807) is 0 Å². The number of ether oxygens (including phenoxy) is 1. The first-order valence-corrected chi connectivity index (χ1v) is 7.24. The van der Waals surface area contributed by atoms with Crippen molar-refractivity contribution in [3.05, 3.63) is 11.1 Å². The molecule has 3 N–H and O–H groups in total. The number of nitrogens with zero attached hydrogens (tertiary/aromatic N) is 1. The van der Waals surface area contributed by atoms with Gasteiger partial charge in [-0.05, 0) is 6.42 Å². The third-order valence-corrected chi connectivity index (χ3v) is 3.57. The summed E-state index contributed by atoms with van der Waals surface area (Å²) in [6.45, 7) is 0.421. The van der Waals surface area contributed by atoms with Crippen molar-refractivity contribution in [2.45, 2.75) is 6.42 Å². The van der Waals surface area contributed by atoms with Crippen LogP contribution in [0.2, 0.25) is 0 Å². The SMILES string of the molecule is COC(=O)c1cnc(NCCCS(N)(=O)=O)s1. The fraction of sp³-hybridized carbons (Fsp3) is 0.500. The van der Waals surface area contributed by atoms with Crippen molar-refractivity contribution in [1.82, 2.24) is 4.98 Å². The fourth-order valence-corrected chi connectivity index (χ4v) is 2.33. The number of carbonyl (C=O) groups excluding carboxylic acids is 1. The molecule has 0 saturated carbocycles. The minimum atomic E-state index is -3.42. The van der Waals surface area contributed by atoms with E-state index < -0.39 is 16.0 Å². The van der Waals surface area contributed by atoms with Crippen LogP contribution in [0, 0.1) is 0 Å². The summed E-state index contributed by atoms with van der Waals surface area (Å²) < 4.78 is 25.8. The molecule has 0 amide bonds. The predicted octanol–water partition coefficient (Wildman–Crippen LogP) is 0.0202. The molecule has 0 saturated heterocycles. The van der Waals surface area contributed by atoms with Crippen LogP contribution in [0.25, 0.3) is 0 Å². The number of nitrogens with two attached hydrogens (primary N) is 1. The van der Waals surface area contributed by atoms with E-state index in [2.05, 4.69) is 15.0 Å². The van der Waals surface area contributed by atoms with Crippen LogP contribution in [0.1, 0.15) is 16.1 Å². The molecule has 96 valence electrons. The van der Waals surface area contributed by atoms with Gasteiger partial charge >= 0.3 is 5.97 Å². The number of hydrogen-bond donors (Lipinski definition) is 2. The molecular formula is C8H13N3O4S2. The molecule has 0 aliphatic rings. The number of carbonyl (C=O) groups is 1. The van der Waals surface area contributed by atoms with Gasteiger partial charge in [0.25, 0.3) is 0 Å². The maximum absolute atomic E-state index is 11.1. The van der Waals surface area contributed by atoms with Crippen molar-refractivity contribution in [2.75, 3.05) is 24.7 Å². The summed E-state index contributed by atoms with van der Waals surface area (Å²) in [5.41, 5.74) is 0. The number of thiazole rings is 1. The lowest BCUT2D eigenvalue weighted by atomic mass is 10.5. The zero-order valence-corrected chi connectivity index (χ0v) is 10.8. The monoisotopic (exact) mass is 279 g/mol. The molecule has 1 aromatic rings. The molecule has 9 heteroatoms.